The molecule has 0 aliphatic carbocycles. The minimum Gasteiger partial charge on any atom is -0.370 e. The van der Waals surface area contributed by atoms with Crippen LogP contribution in [0.2, 0.25) is 0 Å². The van der Waals surface area contributed by atoms with Crippen LogP contribution in [-0.4, -0.2) is 62.5 Å². The maximum Gasteiger partial charge on any atom is 0.237 e. The highest BCUT2D eigenvalue weighted by Crippen LogP contribution is 2.38. The predicted molar refractivity (Wildman–Crippen MR) is 154 cm³/mol. The molecule has 37 heavy (non-hydrogen) atoms. The Kier molecular flexibility index (Phi) is 7.57. The van der Waals surface area contributed by atoms with Gasteiger partial charge < -0.3 is 14.7 Å². The minimum absolute atomic E-state index is 0.136. The van der Waals surface area contributed by atoms with Crippen molar-refractivity contribution in [2.24, 2.45) is 0 Å². The zero-order chi connectivity index (χ0) is 25.7. The number of carbonyl (C=O) groups excluding carboxylic acids is 1. The monoisotopic (exact) mass is 491 g/mol. The van der Waals surface area contributed by atoms with Crippen LogP contribution in [0.25, 0.3) is 10.8 Å². The Balaban J connectivity index is 1.39. The topological polar surface area (TPSA) is 26.8 Å². The third kappa shape index (κ3) is 5.12. The maximum absolute atomic E-state index is 14.0. The fraction of sp³-hybridized carbons (Fsp3) is 0.303. The number of hydrogen-bond donors (Lipinski definition) is 0. The normalized spacial score (nSPS) is 14.9. The number of anilines is 1. The molecule has 4 nitrogen and oxygen atoms in total. The summed E-state index contributed by atoms with van der Waals surface area (Å²) in [4.78, 5) is 20.8. The average molecular weight is 492 g/mol. The van der Waals surface area contributed by atoms with Gasteiger partial charge in [-0.1, -0.05) is 97.1 Å². The summed E-state index contributed by atoms with van der Waals surface area (Å²) in [7, 11) is 3.74. The van der Waals surface area contributed by atoms with E-state index in [0.717, 1.165) is 56.7 Å². The molecule has 0 spiro atoms. The van der Waals surface area contributed by atoms with Crippen LogP contribution >= 0.6 is 0 Å². The van der Waals surface area contributed by atoms with Gasteiger partial charge in [0.15, 0.2) is 0 Å². The summed E-state index contributed by atoms with van der Waals surface area (Å²) in [5.41, 5.74) is 2.73. The largest absolute Gasteiger partial charge is 0.370 e. The molecule has 5 rings (SSSR count). The van der Waals surface area contributed by atoms with Crippen LogP contribution in [0.4, 0.5) is 5.69 Å². The molecule has 0 bridgehead atoms. The molecule has 0 atom stereocenters. The number of benzene rings is 4. The lowest BCUT2D eigenvalue weighted by Gasteiger charge is -2.37. The van der Waals surface area contributed by atoms with Crippen molar-refractivity contribution in [1.29, 1.82) is 0 Å². The number of rotatable bonds is 7. The van der Waals surface area contributed by atoms with Crippen LogP contribution in [0.15, 0.2) is 103 Å². The number of amides is 1. The van der Waals surface area contributed by atoms with Crippen molar-refractivity contribution in [1.82, 2.24) is 9.80 Å². The first kappa shape index (κ1) is 25.0. The fourth-order valence-corrected chi connectivity index (χ4v) is 5.88. The van der Waals surface area contributed by atoms with E-state index in [1.807, 2.05) is 50.5 Å². The lowest BCUT2D eigenvalue weighted by molar-refractivity contribution is -0.133. The Morgan fingerprint density at radius 1 is 0.730 bits per heavy atom. The summed E-state index contributed by atoms with van der Waals surface area (Å²) in [5.74, 6) is 0.136. The molecule has 190 valence electrons. The van der Waals surface area contributed by atoms with E-state index >= 15 is 0 Å². The molecule has 0 N–H and O–H groups in total. The third-order valence-corrected chi connectivity index (χ3v) is 7.80. The third-order valence-electron chi connectivity index (χ3n) is 7.80. The molecule has 1 amide bonds. The Morgan fingerprint density at radius 3 is 2.03 bits per heavy atom. The molecule has 1 aliphatic rings. The van der Waals surface area contributed by atoms with E-state index in [4.69, 9.17) is 0 Å². The summed E-state index contributed by atoms with van der Waals surface area (Å²) in [5, 5.41) is 2.61. The van der Waals surface area contributed by atoms with Crippen molar-refractivity contribution in [2.45, 2.75) is 18.3 Å². The molecule has 0 radical (unpaired) electrons. The van der Waals surface area contributed by atoms with Gasteiger partial charge in [-0.2, -0.15) is 0 Å². The minimum atomic E-state index is -0.715. The molecule has 4 aromatic rings. The first-order chi connectivity index (χ1) is 18.1. The highest BCUT2D eigenvalue weighted by atomic mass is 16.2. The van der Waals surface area contributed by atoms with E-state index in [1.54, 1.807) is 4.90 Å². The summed E-state index contributed by atoms with van der Waals surface area (Å²) in [6.07, 6.45) is 1.85. The van der Waals surface area contributed by atoms with Crippen molar-refractivity contribution >= 4 is 22.4 Å². The van der Waals surface area contributed by atoms with Crippen molar-refractivity contribution in [2.75, 3.05) is 51.7 Å². The number of nitrogens with zero attached hydrogens (tertiary/aromatic N) is 3. The Bertz CT molecular complexity index is 1270. The highest BCUT2D eigenvalue weighted by molar-refractivity contribution is 5.94. The number of fused-ring (bicyclic) bond motifs is 1. The lowest BCUT2D eigenvalue weighted by Crippen LogP contribution is -2.47. The standard InChI is InChI=1S/C33H37N3O/c1-34(2)32(37)33(28-15-5-3-6-16-28,29-17-7-4-8-18-29)21-24-35-22-12-23-36(26-25-35)31-20-11-14-27-13-9-10-19-30(27)31/h3-11,13-20H,12,21-26H2,1-2H3. The van der Waals surface area contributed by atoms with Gasteiger partial charge in [-0.15, -0.1) is 0 Å². The van der Waals surface area contributed by atoms with Crippen LogP contribution < -0.4 is 4.90 Å². The smallest absolute Gasteiger partial charge is 0.237 e. The summed E-state index contributed by atoms with van der Waals surface area (Å²) in [6.45, 7) is 4.92. The zero-order valence-corrected chi connectivity index (χ0v) is 22.0. The molecule has 1 saturated heterocycles. The molecule has 0 saturated carbocycles. The summed E-state index contributed by atoms with van der Waals surface area (Å²) < 4.78 is 0. The second-order valence-electron chi connectivity index (χ2n) is 10.3. The Hall–Kier alpha value is -3.63. The average Bonchev–Trinajstić information content (AvgIpc) is 3.20. The lowest BCUT2D eigenvalue weighted by atomic mass is 9.70. The van der Waals surface area contributed by atoms with Gasteiger partial charge in [0.05, 0.1) is 0 Å². The second kappa shape index (κ2) is 11.2. The van der Waals surface area contributed by atoms with Gasteiger partial charge in [0, 0.05) is 44.8 Å². The van der Waals surface area contributed by atoms with Crippen molar-refractivity contribution < 1.29 is 4.79 Å². The van der Waals surface area contributed by atoms with E-state index in [1.165, 1.54) is 16.5 Å². The van der Waals surface area contributed by atoms with E-state index in [0.29, 0.717) is 0 Å². The first-order valence-corrected chi connectivity index (χ1v) is 13.4. The zero-order valence-electron chi connectivity index (χ0n) is 22.0. The van der Waals surface area contributed by atoms with Gasteiger partial charge in [-0.05, 0) is 48.5 Å². The van der Waals surface area contributed by atoms with Crippen molar-refractivity contribution in [3.63, 3.8) is 0 Å². The van der Waals surface area contributed by atoms with E-state index in [9.17, 15) is 4.79 Å². The number of likely N-dealkylation sites (N-methyl/N-ethyl adjacent to an activating group) is 1. The van der Waals surface area contributed by atoms with Crippen LogP contribution in [0.1, 0.15) is 24.0 Å². The van der Waals surface area contributed by atoms with E-state index in [2.05, 4.69) is 76.5 Å². The second-order valence-corrected chi connectivity index (χ2v) is 10.3. The van der Waals surface area contributed by atoms with Gasteiger partial charge >= 0.3 is 0 Å². The molecule has 1 fully saturated rings. The van der Waals surface area contributed by atoms with Crippen LogP contribution in [-0.2, 0) is 10.2 Å². The highest BCUT2D eigenvalue weighted by Gasteiger charge is 2.43. The van der Waals surface area contributed by atoms with Gasteiger partial charge in [-0.25, -0.2) is 0 Å². The van der Waals surface area contributed by atoms with Crippen molar-refractivity contribution in [3.05, 3.63) is 114 Å². The van der Waals surface area contributed by atoms with Gasteiger partial charge in [-0.3, -0.25) is 4.79 Å². The fourth-order valence-electron chi connectivity index (χ4n) is 5.88. The van der Waals surface area contributed by atoms with Gasteiger partial charge in [0.1, 0.15) is 5.41 Å². The van der Waals surface area contributed by atoms with Gasteiger partial charge in [0.25, 0.3) is 0 Å². The molecular formula is C33H37N3O. The van der Waals surface area contributed by atoms with Crippen LogP contribution in [0, 0.1) is 0 Å². The van der Waals surface area contributed by atoms with Crippen LogP contribution in [0.3, 0.4) is 0 Å². The summed E-state index contributed by atoms with van der Waals surface area (Å²) >= 11 is 0. The summed E-state index contributed by atoms with van der Waals surface area (Å²) in [6, 6.07) is 35.9. The maximum atomic E-state index is 14.0. The molecular weight excluding hydrogens is 454 g/mol. The molecule has 1 heterocycles. The molecule has 4 heteroatoms. The van der Waals surface area contributed by atoms with Crippen molar-refractivity contribution in [3.8, 4) is 0 Å². The SMILES string of the molecule is CN(C)C(=O)C(CCN1CCCN(c2cccc3ccccc23)CC1)(c1ccccc1)c1ccccc1. The first-order valence-electron chi connectivity index (χ1n) is 13.4. The van der Waals surface area contributed by atoms with Crippen LogP contribution in [0.5, 0.6) is 0 Å². The molecule has 4 aromatic carbocycles. The quantitative estimate of drug-likeness (QED) is 0.326. The van der Waals surface area contributed by atoms with E-state index in [-0.39, 0.29) is 5.91 Å². The van der Waals surface area contributed by atoms with Gasteiger partial charge in [0.2, 0.25) is 5.91 Å². The Morgan fingerprint density at radius 2 is 1.35 bits per heavy atom. The van der Waals surface area contributed by atoms with E-state index < -0.39 is 5.41 Å². The number of hydrogen-bond acceptors (Lipinski definition) is 3. The molecule has 1 aliphatic heterocycles. The predicted octanol–water partition coefficient (Wildman–Crippen LogP) is 5.82. The number of carbonyl (C=O) groups is 1. The molecule has 0 unspecified atom stereocenters. The molecule has 0 aromatic heterocycles. The Labute approximate surface area is 221 Å².